The summed E-state index contributed by atoms with van der Waals surface area (Å²) in [4.78, 5) is 21.3. The highest BCUT2D eigenvalue weighted by Gasteiger charge is 2.21. The van der Waals surface area contributed by atoms with E-state index >= 15 is 0 Å². The summed E-state index contributed by atoms with van der Waals surface area (Å²) in [5, 5.41) is 7.14. The molecule has 1 fully saturated rings. The number of amides is 1. The Balaban J connectivity index is 1.50. The van der Waals surface area contributed by atoms with Gasteiger partial charge in [0.2, 0.25) is 5.88 Å². The third-order valence-electron chi connectivity index (χ3n) is 4.82. The predicted octanol–water partition coefficient (Wildman–Crippen LogP) is 2.93. The van der Waals surface area contributed by atoms with Crippen LogP contribution in [0, 0.1) is 6.92 Å². The van der Waals surface area contributed by atoms with Crippen molar-refractivity contribution in [3.8, 4) is 17.3 Å². The molecule has 3 aromatic heterocycles. The predicted molar refractivity (Wildman–Crippen MR) is 104 cm³/mol. The van der Waals surface area contributed by atoms with Crippen LogP contribution < -0.4 is 10.1 Å². The molecule has 4 rings (SSSR count). The number of nitrogens with zero attached hydrogens (tertiary/aromatic N) is 3. The lowest BCUT2D eigenvalue weighted by Crippen LogP contribution is -2.39. The third-order valence-corrected chi connectivity index (χ3v) is 4.82. The van der Waals surface area contributed by atoms with E-state index in [-0.39, 0.29) is 24.4 Å². The fourth-order valence-electron chi connectivity index (χ4n) is 3.19. The highest BCUT2D eigenvalue weighted by atomic mass is 16.5. The molecule has 0 spiro atoms. The zero-order chi connectivity index (χ0) is 20.1. The molecule has 0 radical (unpaired) electrons. The minimum absolute atomic E-state index is 0.0976. The minimum Gasteiger partial charge on any atom is -0.472 e. The number of pyridine rings is 2. The summed E-state index contributed by atoms with van der Waals surface area (Å²) in [6.07, 6.45) is 4.90. The molecule has 1 aliphatic rings. The van der Waals surface area contributed by atoms with Crippen molar-refractivity contribution in [3.05, 3.63) is 59.6 Å². The van der Waals surface area contributed by atoms with E-state index in [0.717, 1.165) is 18.4 Å². The number of carbonyl (C=O) groups is 1. The van der Waals surface area contributed by atoms with Crippen LogP contribution in [0.2, 0.25) is 0 Å². The van der Waals surface area contributed by atoms with Gasteiger partial charge in [0.25, 0.3) is 5.91 Å². The summed E-state index contributed by atoms with van der Waals surface area (Å²) in [7, 11) is 0. The van der Waals surface area contributed by atoms with Gasteiger partial charge in [-0.3, -0.25) is 9.78 Å². The summed E-state index contributed by atoms with van der Waals surface area (Å²) in [5.74, 6) is 0.700. The second-order valence-electron chi connectivity index (χ2n) is 6.79. The molecular formula is C21H22N4O4. The lowest BCUT2D eigenvalue weighted by atomic mass is 10.1. The molecular weight excluding hydrogens is 372 g/mol. The number of hydrogen-bond donors (Lipinski definition) is 1. The zero-order valence-electron chi connectivity index (χ0n) is 16.1. The second kappa shape index (κ2) is 8.83. The smallest absolute Gasteiger partial charge is 0.256 e. The molecule has 0 saturated carbocycles. The maximum Gasteiger partial charge on any atom is 0.256 e. The Bertz CT molecular complexity index is 968. The number of rotatable bonds is 6. The van der Waals surface area contributed by atoms with E-state index in [1.807, 2.05) is 25.1 Å². The van der Waals surface area contributed by atoms with Crippen LogP contribution >= 0.6 is 0 Å². The van der Waals surface area contributed by atoms with Crippen molar-refractivity contribution in [1.82, 2.24) is 20.4 Å². The van der Waals surface area contributed by atoms with Gasteiger partial charge in [-0.15, -0.1) is 0 Å². The topological polar surface area (TPSA) is 99.4 Å². The SMILES string of the molecule is Cc1onc(-c2ccccn2)c1COc1ncccc1C(=O)NC1CCOCC1. The molecule has 0 unspecified atom stereocenters. The first kappa shape index (κ1) is 19.1. The number of hydrogen-bond acceptors (Lipinski definition) is 7. The van der Waals surface area contributed by atoms with E-state index in [9.17, 15) is 4.79 Å². The van der Waals surface area contributed by atoms with E-state index in [4.69, 9.17) is 14.0 Å². The Labute approximate surface area is 168 Å². The maximum absolute atomic E-state index is 12.7. The normalized spacial score (nSPS) is 14.5. The van der Waals surface area contributed by atoms with E-state index < -0.39 is 0 Å². The molecule has 4 heterocycles. The Morgan fingerprint density at radius 1 is 1.17 bits per heavy atom. The minimum atomic E-state index is -0.202. The largest absolute Gasteiger partial charge is 0.472 e. The standard InChI is InChI=1S/C21H22N4O4/c1-14-17(19(25-29-14)18-6-2-3-9-22-18)13-28-21-16(5-4-10-23-21)20(26)24-15-7-11-27-12-8-15/h2-6,9-10,15H,7-8,11-13H2,1H3,(H,24,26). The van der Waals surface area contributed by atoms with Crippen LogP contribution in [0.3, 0.4) is 0 Å². The van der Waals surface area contributed by atoms with Gasteiger partial charge in [0.1, 0.15) is 23.6 Å². The van der Waals surface area contributed by atoms with Crippen molar-refractivity contribution in [3.63, 3.8) is 0 Å². The number of aromatic nitrogens is 3. The average molecular weight is 394 g/mol. The molecule has 1 saturated heterocycles. The van der Waals surface area contributed by atoms with Crippen molar-refractivity contribution in [1.29, 1.82) is 0 Å². The first-order chi connectivity index (χ1) is 14.2. The highest BCUT2D eigenvalue weighted by molar-refractivity contribution is 5.96. The van der Waals surface area contributed by atoms with Gasteiger partial charge < -0.3 is 19.3 Å². The molecule has 0 aliphatic carbocycles. The van der Waals surface area contributed by atoms with Crippen LogP contribution in [0.5, 0.6) is 5.88 Å². The quantitative estimate of drug-likeness (QED) is 0.686. The summed E-state index contributed by atoms with van der Waals surface area (Å²) in [5.41, 5.74) is 2.48. The summed E-state index contributed by atoms with van der Waals surface area (Å²) >= 11 is 0. The zero-order valence-corrected chi connectivity index (χ0v) is 16.1. The molecule has 8 nitrogen and oxygen atoms in total. The van der Waals surface area contributed by atoms with E-state index in [1.165, 1.54) is 0 Å². The molecule has 1 amide bonds. The molecule has 3 aromatic rings. The Morgan fingerprint density at radius 3 is 2.79 bits per heavy atom. The molecule has 1 N–H and O–H groups in total. The van der Waals surface area contributed by atoms with Gasteiger partial charge in [-0.25, -0.2) is 4.98 Å². The van der Waals surface area contributed by atoms with Crippen LogP contribution in [-0.2, 0) is 11.3 Å². The molecule has 8 heteroatoms. The number of carbonyl (C=O) groups excluding carboxylic acids is 1. The fraction of sp³-hybridized carbons (Fsp3) is 0.333. The van der Waals surface area contributed by atoms with E-state index in [0.29, 0.717) is 35.9 Å². The molecule has 150 valence electrons. The Kier molecular flexibility index (Phi) is 5.81. The lowest BCUT2D eigenvalue weighted by Gasteiger charge is -2.23. The Hall–Kier alpha value is -3.26. The van der Waals surface area contributed by atoms with Gasteiger partial charge in [0.15, 0.2) is 0 Å². The van der Waals surface area contributed by atoms with Gasteiger partial charge in [-0.1, -0.05) is 11.2 Å². The first-order valence-electron chi connectivity index (χ1n) is 9.55. The number of ether oxygens (including phenoxy) is 2. The molecule has 29 heavy (non-hydrogen) atoms. The van der Waals surface area contributed by atoms with Crippen molar-refractivity contribution in [2.24, 2.45) is 0 Å². The summed E-state index contributed by atoms with van der Waals surface area (Å²) in [6, 6.07) is 9.10. The highest BCUT2D eigenvalue weighted by Crippen LogP contribution is 2.25. The first-order valence-corrected chi connectivity index (χ1v) is 9.55. The van der Waals surface area contributed by atoms with E-state index in [2.05, 4.69) is 20.4 Å². The van der Waals surface area contributed by atoms with Crippen molar-refractivity contribution in [2.45, 2.75) is 32.4 Å². The van der Waals surface area contributed by atoms with Crippen molar-refractivity contribution >= 4 is 5.91 Å². The van der Waals surface area contributed by atoms with Gasteiger partial charge in [0, 0.05) is 31.6 Å². The fourth-order valence-corrected chi connectivity index (χ4v) is 3.19. The Morgan fingerprint density at radius 2 is 2.00 bits per heavy atom. The van der Waals surface area contributed by atoms with Gasteiger partial charge >= 0.3 is 0 Å². The molecule has 0 atom stereocenters. The third kappa shape index (κ3) is 4.43. The van der Waals surface area contributed by atoms with Crippen LogP contribution in [0.25, 0.3) is 11.4 Å². The lowest BCUT2D eigenvalue weighted by molar-refractivity contribution is 0.0694. The summed E-state index contributed by atoms with van der Waals surface area (Å²) in [6.45, 7) is 3.29. The average Bonchev–Trinajstić information content (AvgIpc) is 3.14. The maximum atomic E-state index is 12.7. The van der Waals surface area contributed by atoms with Gasteiger partial charge in [0.05, 0.1) is 11.3 Å². The van der Waals surface area contributed by atoms with E-state index in [1.54, 1.807) is 24.5 Å². The molecule has 1 aliphatic heterocycles. The van der Waals surface area contributed by atoms with Crippen LogP contribution in [-0.4, -0.2) is 40.3 Å². The molecule has 0 aromatic carbocycles. The van der Waals surface area contributed by atoms with Crippen LogP contribution in [0.1, 0.15) is 34.5 Å². The molecule has 0 bridgehead atoms. The van der Waals surface area contributed by atoms with Gasteiger partial charge in [-0.2, -0.15) is 0 Å². The van der Waals surface area contributed by atoms with Gasteiger partial charge in [-0.05, 0) is 44.0 Å². The summed E-state index contributed by atoms with van der Waals surface area (Å²) < 4.78 is 16.6. The monoisotopic (exact) mass is 394 g/mol. The second-order valence-corrected chi connectivity index (χ2v) is 6.79. The van der Waals surface area contributed by atoms with Crippen LogP contribution in [0.4, 0.5) is 0 Å². The van der Waals surface area contributed by atoms with Crippen LogP contribution in [0.15, 0.2) is 47.2 Å². The number of nitrogens with one attached hydrogen (secondary N) is 1. The van der Waals surface area contributed by atoms with Crippen molar-refractivity contribution < 1.29 is 18.8 Å². The number of aryl methyl sites for hydroxylation is 1. The van der Waals surface area contributed by atoms with Crippen molar-refractivity contribution in [2.75, 3.05) is 13.2 Å².